The first-order valence-electron chi connectivity index (χ1n) is 8.68. The van der Waals surface area contributed by atoms with E-state index in [-0.39, 0.29) is 16.8 Å². The lowest BCUT2D eigenvalue weighted by molar-refractivity contribution is 0.0724. The van der Waals surface area contributed by atoms with Gasteiger partial charge in [-0.25, -0.2) is 8.42 Å². The van der Waals surface area contributed by atoms with Crippen molar-refractivity contribution in [3.05, 3.63) is 29.8 Å². The van der Waals surface area contributed by atoms with Crippen molar-refractivity contribution in [2.24, 2.45) is 5.92 Å². The number of morpholine rings is 1. The number of ether oxygens (including phenoxy) is 1. The molecule has 1 amide bonds. The highest BCUT2D eigenvalue weighted by atomic mass is 32.2. The van der Waals surface area contributed by atoms with Crippen LogP contribution in [0.5, 0.6) is 0 Å². The van der Waals surface area contributed by atoms with Crippen molar-refractivity contribution in [3.8, 4) is 0 Å². The van der Waals surface area contributed by atoms with Crippen LogP contribution >= 0.6 is 0 Å². The minimum Gasteiger partial charge on any atom is -0.379 e. The third kappa shape index (κ3) is 4.80. The Morgan fingerprint density at radius 2 is 1.88 bits per heavy atom. The highest BCUT2D eigenvalue weighted by Gasteiger charge is 2.27. The van der Waals surface area contributed by atoms with Crippen LogP contribution in [0.2, 0.25) is 0 Å². The molecule has 7 heteroatoms. The molecular formula is C18H28N2O4S. The summed E-state index contributed by atoms with van der Waals surface area (Å²) in [6, 6.07) is 6.40. The Balaban J connectivity index is 2.21. The molecule has 1 fully saturated rings. The molecule has 1 heterocycles. The van der Waals surface area contributed by atoms with E-state index in [1.165, 1.54) is 10.4 Å². The lowest BCUT2D eigenvalue weighted by Gasteiger charge is -2.27. The van der Waals surface area contributed by atoms with Crippen molar-refractivity contribution >= 4 is 15.9 Å². The first kappa shape index (κ1) is 19.9. The van der Waals surface area contributed by atoms with E-state index in [0.29, 0.717) is 37.8 Å². The molecule has 1 unspecified atom stereocenters. The summed E-state index contributed by atoms with van der Waals surface area (Å²) in [7, 11) is -1.84. The Bertz CT molecular complexity index is 697. The van der Waals surface area contributed by atoms with Crippen molar-refractivity contribution in [2.45, 2.75) is 38.1 Å². The number of hydrogen-bond donors (Lipinski definition) is 0. The molecule has 1 aliphatic rings. The topological polar surface area (TPSA) is 66.9 Å². The van der Waals surface area contributed by atoms with Crippen LogP contribution in [-0.4, -0.2) is 62.9 Å². The minimum atomic E-state index is -3.60. The minimum absolute atomic E-state index is 0.0898. The lowest BCUT2D eigenvalue weighted by atomic mass is 10.0. The number of hydrogen-bond acceptors (Lipinski definition) is 4. The van der Waals surface area contributed by atoms with Gasteiger partial charge >= 0.3 is 0 Å². The van der Waals surface area contributed by atoms with Gasteiger partial charge in [0.15, 0.2) is 0 Å². The zero-order chi connectivity index (χ0) is 18.6. The zero-order valence-electron chi connectivity index (χ0n) is 15.4. The van der Waals surface area contributed by atoms with Crippen molar-refractivity contribution in [2.75, 3.05) is 33.4 Å². The van der Waals surface area contributed by atoms with Gasteiger partial charge in [0.1, 0.15) is 0 Å². The fourth-order valence-electron chi connectivity index (χ4n) is 2.97. The highest BCUT2D eigenvalue weighted by molar-refractivity contribution is 7.89. The molecule has 0 saturated carbocycles. The van der Waals surface area contributed by atoms with E-state index in [4.69, 9.17) is 4.74 Å². The fourth-order valence-corrected chi connectivity index (χ4v) is 4.42. The monoisotopic (exact) mass is 368 g/mol. The molecular weight excluding hydrogens is 340 g/mol. The van der Waals surface area contributed by atoms with Crippen molar-refractivity contribution in [1.82, 2.24) is 9.21 Å². The summed E-state index contributed by atoms with van der Waals surface area (Å²) < 4.78 is 32.1. The van der Waals surface area contributed by atoms with E-state index in [1.807, 2.05) is 6.92 Å². The zero-order valence-corrected chi connectivity index (χ0v) is 16.3. The molecule has 1 atom stereocenters. The van der Waals surface area contributed by atoms with Gasteiger partial charge in [-0.1, -0.05) is 19.9 Å². The van der Waals surface area contributed by atoms with Crippen LogP contribution in [0.25, 0.3) is 0 Å². The molecule has 6 nitrogen and oxygen atoms in total. The SMILES string of the molecule is CC(C)CC(C)N(C)C(=O)c1cccc(S(=O)(=O)N2CCOCC2)c1. The third-order valence-electron chi connectivity index (χ3n) is 4.48. The molecule has 0 bridgehead atoms. The average Bonchev–Trinajstić information content (AvgIpc) is 2.60. The second kappa shape index (κ2) is 8.29. The molecule has 2 rings (SSSR count). The quantitative estimate of drug-likeness (QED) is 0.772. The molecule has 0 spiro atoms. The molecule has 0 aliphatic carbocycles. The molecule has 1 saturated heterocycles. The summed E-state index contributed by atoms with van der Waals surface area (Å²) in [6.07, 6.45) is 0.897. The average molecular weight is 368 g/mol. The number of benzene rings is 1. The van der Waals surface area contributed by atoms with E-state index in [9.17, 15) is 13.2 Å². The van der Waals surface area contributed by atoms with Gasteiger partial charge in [-0.15, -0.1) is 0 Å². The van der Waals surface area contributed by atoms with Gasteiger partial charge in [-0.3, -0.25) is 4.79 Å². The molecule has 140 valence electrons. The number of carbonyl (C=O) groups excluding carboxylic acids is 1. The Morgan fingerprint density at radius 3 is 2.48 bits per heavy atom. The van der Waals surface area contributed by atoms with Gasteiger partial charge in [0.2, 0.25) is 10.0 Å². The van der Waals surface area contributed by atoms with Crippen LogP contribution in [0.1, 0.15) is 37.6 Å². The summed E-state index contributed by atoms with van der Waals surface area (Å²) in [5, 5.41) is 0. The van der Waals surface area contributed by atoms with Crippen LogP contribution in [0.4, 0.5) is 0 Å². The number of rotatable bonds is 6. The van der Waals surface area contributed by atoms with Gasteiger partial charge in [0.25, 0.3) is 5.91 Å². The van der Waals surface area contributed by atoms with Crippen LogP contribution in [0, 0.1) is 5.92 Å². The Morgan fingerprint density at radius 1 is 1.24 bits per heavy atom. The van der Waals surface area contributed by atoms with Crippen molar-refractivity contribution < 1.29 is 17.9 Å². The van der Waals surface area contributed by atoms with Gasteiger partial charge in [0.05, 0.1) is 18.1 Å². The smallest absolute Gasteiger partial charge is 0.253 e. The first-order chi connectivity index (χ1) is 11.7. The molecule has 1 aromatic carbocycles. The molecule has 25 heavy (non-hydrogen) atoms. The largest absolute Gasteiger partial charge is 0.379 e. The maximum Gasteiger partial charge on any atom is 0.253 e. The third-order valence-corrected chi connectivity index (χ3v) is 6.38. The maximum atomic E-state index is 12.8. The molecule has 0 radical (unpaired) electrons. The number of amides is 1. The Labute approximate surface area is 150 Å². The summed E-state index contributed by atoms with van der Waals surface area (Å²) in [5.74, 6) is 0.325. The summed E-state index contributed by atoms with van der Waals surface area (Å²) in [5.41, 5.74) is 0.396. The van der Waals surface area contributed by atoms with Gasteiger partial charge in [-0.2, -0.15) is 4.31 Å². The van der Waals surface area contributed by atoms with Crippen LogP contribution in [0.15, 0.2) is 29.2 Å². The van der Waals surface area contributed by atoms with E-state index in [1.54, 1.807) is 30.1 Å². The summed E-state index contributed by atoms with van der Waals surface area (Å²) >= 11 is 0. The molecule has 0 aromatic heterocycles. The number of sulfonamides is 1. The molecule has 1 aromatic rings. The summed E-state index contributed by atoms with van der Waals surface area (Å²) in [4.78, 5) is 14.6. The van der Waals surface area contributed by atoms with Crippen molar-refractivity contribution in [1.29, 1.82) is 0 Å². The van der Waals surface area contributed by atoms with Crippen LogP contribution < -0.4 is 0 Å². The lowest BCUT2D eigenvalue weighted by Crippen LogP contribution is -2.40. The Kier molecular flexibility index (Phi) is 6.59. The van der Waals surface area contributed by atoms with E-state index in [0.717, 1.165) is 6.42 Å². The first-order valence-corrected chi connectivity index (χ1v) is 10.1. The standard InChI is InChI=1S/C18H28N2O4S/c1-14(2)12-15(3)19(4)18(21)16-6-5-7-17(13-16)25(22,23)20-8-10-24-11-9-20/h5-7,13-15H,8-12H2,1-4H3. The molecule has 0 N–H and O–H groups in total. The van der Waals surface area contributed by atoms with Crippen molar-refractivity contribution in [3.63, 3.8) is 0 Å². The van der Waals surface area contributed by atoms with Gasteiger partial charge in [0, 0.05) is 31.7 Å². The predicted molar refractivity (Wildman–Crippen MR) is 97.0 cm³/mol. The normalized spacial score (nSPS) is 17.5. The highest BCUT2D eigenvalue weighted by Crippen LogP contribution is 2.20. The van der Waals surface area contributed by atoms with Crippen LogP contribution in [0.3, 0.4) is 0 Å². The fraction of sp³-hybridized carbons (Fsp3) is 0.611. The number of carbonyl (C=O) groups is 1. The van der Waals surface area contributed by atoms with Gasteiger partial charge in [-0.05, 0) is 37.5 Å². The van der Waals surface area contributed by atoms with E-state index >= 15 is 0 Å². The van der Waals surface area contributed by atoms with Gasteiger partial charge < -0.3 is 9.64 Å². The van der Waals surface area contributed by atoms with Crippen LogP contribution in [-0.2, 0) is 14.8 Å². The Hall–Kier alpha value is -1.44. The second-order valence-corrected chi connectivity index (χ2v) is 8.88. The summed E-state index contributed by atoms with van der Waals surface area (Å²) in [6.45, 7) is 7.71. The predicted octanol–water partition coefficient (Wildman–Crippen LogP) is 2.21. The maximum absolute atomic E-state index is 12.8. The second-order valence-electron chi connectivity index (χ2n) is 6.94. The number of nitrogens with zero attached hydrogens (tertiary/aromatic N) is 2. The molecule has 1 aliphatic heterocycles. The van der Waals surface area contributed by atoms with E-state index in [2.05, 4.69) is 13.8 Å². The van der Waals surface area contributed by atoms with E-state index < -0.39 is 10.0 Å².